The third-order valence-corrected chi connectivity index (χ3v) is 5.29. The van der Waals surface area contributed by atoms with E-state index in [9.17, 15) is 19.1 Å². The summed E-state index contributed by atoms with van der Waals surface area (Å²) in [5.74, 6) is -1.56. The van der Waals surface area contributed by atoms with Crippen LogP contribution in [-0.4, -0.2) is 48.4 Å². The second kappa shape index (κ2) is 5.98. The van der Waals surface area contributed by atoms with Crippen LogP contribution in [0, 0.1) is 5.82 Å². The largest absolute Gasteiger partial charge is 0.487 e. The number of carboxylic acids is 1. The Morgan fingerprint density at radius 1 is 1.46 bits per heavy atom. The normalized spacial score (nSPS) is 21.9. The summed E-state index contributed by atoms with van der Waals surface area (Å²) in [5.41, 5.74) is -0.245. The number of aromatic carboxylic acids is 1. The highest BCUT2D eigenvalue weighted by molar-refractivity contribution is 5.97. The van der Waals surface area contributed by atoms with E-state index in [2.05, 4.69) is 5.32 Å². The van der Waals surface area contributed by atoms with Crippen LogP contribution in [0.3, 0.4) is 0 Å². The lowest BCUT2D eigenvalue weighted by atomic mass is 10.1. The van der Waals surface area contributed by atoms with E-state index in [4.69, 9.17) is 4.74 Å². The fourth-order valence-corrected chi connectivity index (χ4v) is 3.86. The molecule has 1 aromatic heterocycles. The van der Waals surface area contributed by atoms with Gasteiger partial charge in [0, 0.05) is 25.3 Å². The molecule has 2 aromatic rings. The van der Waals surface area contributed by atoms with Crippen molar-refractivity contribution in [2.24, 2.45) is 0 Å². The van der Waals surface area contributed by atoms with Gasteiger partial charge in [0.15, 0.2) is 11.6 Å². The molecule has 4 rings (SSSR count). The Labute approximate surface area is 149 Å². The summed E-state index contributed by atoms with van der Waals surface area (Å²) in [6.07, 6.45) is 2.22. The number of pyridine rings is 1. The molecule has 2 atom stereocenters. The fourth-order valence-electron chi connectivity index (χ4n) is 3.86. The fraction of sp³-hybridized carbons (Fsp3) is 0.444. The zero-order chi connectivity index (χ0) is 18.6. The van der Waals surface area contributed by atoms with Crippen LogP contribution in [0.4, 0.5) is 10.1 Å². The van der Waals surface area contributed by atoms with Crippen LogP contribution in [-0.2, 0) is 0 Å². The van der Waals surface area contributed by atoms with Crippen molar-refractivity contribution in [3.8, 4) is 5.75 Å². The molecule has 0 unspecified atom stereocenters. The quantitative estimate of drug-likeness (QED) is 0.864. The molecule has 0 radical (unpaired) electrons. The summed E-state index contributed by atoms with van der Waals surface area (Å²) in [5, 5.41) is 12.6. The topological polar surface area (TPSA) is 83.8 Å². The van der Waals surface area contributed by atoms with Gasteiger partial charge in [-0.15, -0.1) is 0 Å². The molecule has 0 saturated carbocycles. The van der Waals surface area contributed by atoms with Gasteiger partial charge >= 0.3 is 5.97 Å². The molecule has 0 spiro atoms. The number of halogens is 1. The van der Waals surface area contributed by atoms with Gasteiger partial charge in [-0.1, -0.05) is 0 Å². The van der Waals surface area contributed by atoms with E-state index in [1.165, 1.54) is 6.20 Å². The smallest absolute Gasteiger partial charge is 0.341 e. The van der Waals surface area contributed by atoms with E-state index in [0.717, 1.165) is 12.5 Å². The molecule has 2 aliphatic heterocycles. The van der Waals surface area contributed by atoms with Crippen LogP contribution in [0.25, 0.3) is 10.9 Å². The first kappa shape index (κ1) is 16.8. The lowest BCUT2D eigenvalue weighted by molar-refractivity contribution is 0.0694. The molecular weight excluding hydrogens is 341 g/mol. The van der Waals surface area contributed by atoms with Gasteiger partial charge in [0.2, 0.25) is 5.43 Å². The number of anilines is 1. The molecule has 3 heterocycles. The molecule has 8 heteroatoms. The van der Waals surface area contributed by atoms with Crippen LogP contribution < -0.4 is 20.4 Å². The van der Waals surface area contributed by atoms with Crippen LogP contribution in [0.5, 0.6) is 5.75 Å². The average Bonchev–Trinajstić information content (AvgIpc) is 3.07. The average molecular weight is 361 g/mol. The Bertz CT molecular complexity index is 971. The van der Waals surface area contributed by atoms with Gasteiger partial charge < -0.3 is 24.6 Å². The van der Waals surface area contributed by atoms with Crippen molar-refractivity contribution in [2.75, 3.05) is 31.6 Å². The maximum absolute atomic E-state index is 15.0. The minimum atomic E-state index is -1.32. The highest BCUT2D eigenvalue weighted by Gasteiger charge is 2.32. The number of ether oxygens (including phenoxy) is 1. The van der Waals surface area contributed by atoms with E-state index < -0.39 is 17.2 Å². The Hall–Kier alpha value is -2.61. The molecule has 0 amide bonds. The number of nitrogens with one attached hydrogen (secondary N) is 1. The van der Waals surface area contributed by atoms with Crippen molar-refractivity contribution in [3.63, 3.8) is 0 Å². The molecular formula is C18H20FN3O4. The van der Waals surface area contributed by atoms with Crippen LogP contribution >= 0.6 is 0 Å². The number of benzene rings is 1. The summed E-state index contributed by atoms with van der Waals surface area (Å²) in [7, 11) is 1.87. The SMILES string of the molecule is CN[C@H]1CCN(c2c(F)cc3c(=O)c(C(=O)O)cn4c3c2OC[C@@H]4C)C1. The van der Waals surface area contributed by atoms with E-state index in [1.54, 1.807) is 4.57 Å². The second-order valence-corrected chi connectivity index (χ2v) is 6.90. The van der Waals surface area contributed by atoms with Gasteiger partial charge in [-0.05, 0) is 26.5 Å². The Balaban J connectivity index is 2.01. The zero-order valence-electron chi connectivity index (χ0n) is 14.6. The van der Waals surface area contributed by atoms with Crippen molar-refractivity contribution in [1.29, 1.82) is 0 Å². The molecule has 7 nitrogen and oxygen atoms in total. The summed E-state index contributed by atoms with van der Waals surface area (Å²) in [4.78, 5) is 25.9. The lowest BCUT2D eigenvalue weighted by Crippen LogP contribution is -2.32. The number of carboxylic acid groups (broad SMARTS) is 1. The first-order chi connectivity index (χ1) is 12.4. The van der Waals surface area contributed by atoms with Gasteiger partial charge in [-0.25, -0.2) is 9.18 Å². The second-order valence-electron chi connectivity index (χ2n) is 6.90. The van der Waals surface area contributed by atoms with Crippen molar-refractivity contribution >= 4 is 22.6 Å². The van der Waals surface area contributed by atoms with Gasteiger partial charge in [-0.2, -0.15) is 0 Å². The molecule has 1 saturated heterocycles. The maximum atomic E-state index is 15.0. The number of aromatic nitrogens is 1. The number of hydrogen-bond donors (Lipinski definition) is 2. The van der Waals surface area contributed by atoms with E-state index in [1.807, 2.05) is 18.9 Å². The predicted octanol–water partition coefficient (Wildman–Crippen LogP) is 1.59. The predicted molar refractivity (Wildman–Crippen MR) is 95.0 cm³/mol. The summed E-state index contributed by atoms with van der Waals surface area (Å²) in [6.45, 7) is 3.47. The molecule has 1 fully saturated rings. The van der Waals surface area contributed by atoms with E-state index in [-0.39, 0.29) is 29.6 Å². The molecule has 0 bridgehead atoms. The third-order valence-electron chi connectivity index (χ3n) is 5.29. The standard InChI is InChI=1S/C18H20FN3O4/c1-9-8-26-17-14-11(16(23)12(18(24)25)7-22(9)14)5-13(19)15(17)21-4-3-10(6-21)20-2/h5,7,9-10,20H,3-4,6,8H2,1-2H3,(H,24,25)/t9-,10-/m0/s1. The molecule has 1 aromatic carbocycles. The molecule has 2 aliphatic rings. The monoisotopic (exact) mass is 361 g/mol. The number of carbonyl (C=O) groups is 1. The third kappa shape index (κ3) is 2.36. The molecule has 26 heavy (non-hydrogen) atoms. The lowest BCUT2D eigenvalue weighted by Gasteiger charge is -2.31. The minimum Gasteiger partial charge on any atom is -0.487 e. The van der Waals surface area contributed by atoms with Crippen molar-refractivity contribution in [3.05, 3.63) is 33.9 Å². The zero-order valence-corrected chi connectivity index (χ0v) is 14.6. The number of rotatable bonds is 3. The highest BCUT2D eigenvalue weighted by Crippen LogP contribution is 2.42. The van der Waals surface area contributed by atoms with Crippen molar-refractivity contribution in [1.82, 2.24) is 9.88 Å². The summed E-state index contributed by atoms with van der Waals surface area (Å²) in [6, 6.07) is 1.25. The van der Waals surface area contributed by atoms with Gasteiger partial charge in [-0.3, -0.25) is 4.79 Å². The summed E-state index contributed by atoms with van der Waals surface area (Å²) >= 11 is 0. The molecule has 2 N–H and O–H groups in total. The van der Waals surface area contributed by atoms with E-state index in [0.29, 0.717) is 30.0 Å². The first-order valence-electron chi connectivity index (χ1n) is 8.62. The van der Waals surface area contributed by atoms with Crippen LogP contribution in [0.15, 0.2) is 17.1 Å². The van der Waals surface area contributed by atoms with Gasteiger partial charge in [0.25, 0.3) is 0 Å². The minimum absolute atomic E-state index is 0.0389. The molecule has 0 aliphatic carbocycles. The van der Waals surface area contributed by atoms with Crippen LogP contribution in [0.1, 0.15) is 29.7 Å². The van der Waals surface area contributed by atoms with Gasteiger partial charge in [0.05, 0.1) is 16.9 Å². The summed E-state index contributed by atoms with van der Waals surface area (Å²) < 4.78 is 22.5. The van der Waals surface area contributed by atoms with Crippen molar-refractivity contribution < 1.29 is 19.0 Å². The Morgan fingerprint density at radius 3 is 2.88 bits per heavy atom. The highest BCUT2D eigenvalue weighted by atomic mass is 19.1. The number of hydrogen-bond acceptors (Lipinski definition) is 5. The van der Waals surface area contributed by atoms with Gasteiger partial charge in [0.1, 0.15) is 17.9 Å². The maximum Gasteiger partial charge on any atom is 0.341 e. The number of nitrogens with zero attached hydrogens (tertiary/aromatic N) is 2. The van der Waals surface area contributed by atoms with Crippen molar-refractivity contribution in [2.45, 2.75) is 25.4 Å². The van der Waals surface area contributed by atoms with Crippen LogP contribution in [0.2, 0.25) is 0 Å². The Kier molecular flexibility index (Phi) is 3.87. The number of likely N-dealkylation sites (N-methyl/N-ethyl adjacent to an activating group) is 1. The van der Waals surface area contributed by atoms with E-state index >= 15 is 0 Å². The first-order valence-corrected chi connectivity index (χ1v) is 8.62. The Morgan fingerprint density at radius 2 is 2.23 bits per heavy atom. The molecule has 138 valence electrons.